The fourth-order valence-corrected chi connectivity index (χ4v) is 3.67. The Morgan fingerprint density at radius 1 is 1.19 bits per heavy atom. The highest BCUT2D eigenvalue weighted by Gasteiger charge is 2.32. The van der Waals surface area contributed by atoms with Crippen LogP contribution >= 0.6 is 11.8 Å². The highest BCUT2D eigenvalue weighted by molar-refractivity contribution is 8.01. The van der Waals surface area contributed by atoms with Crippen molar-refractivity contribution in [1.82, 2.24) is 0 Å². The van der Waals surface area contributed by atoms with Crippen LogP contribution in [0.15, 0.2) is 0 Å². The van der Waals surface area contributed by atoms with Crippen LogP contribution in [0.4, 0.5) is 0 Å². The lowest BCUT2D eigenvalue weighted by Crippen LogP contribution is -2.30. The number of aliphatic carboxylic acids is 1. The smallest absolute Gasteiger partial charge is 0.316 e. The van der Waals surface area contributed by atoms with Crippen LogP contribution in [0.1, 0.15) is 59.3 Å². The molecule has 0 radical (unpaired) electrons. The van der Waals surface area contributed by atoms with E-state index in [1.165, 1.54) is 25.7 Å². The number of hydrogen-bond acceptors (Lipinski definition) is 2. The van der Waals surface area contributed by atoms with Crippen LogP contribution in [-0.4, -0.2) is 21.1 Å². The molecule has 1 saturated carbocycles. The van der Waals surface area contributed by atoms with Gasteiger partial charge in [-0.2, -0.15) is 0 Å². The van der Waals surface area contributed by atoms with Crippen LogP contribution in [-0.2, 0) is 4.79 Å². The molecule has 1 aliphatic carbocycles. The molecular weight excluding hydrogens is 220 g/mol. The molecule has 0 aromatic carbocycles. The molecule has 0 aromatic rings. The van der Waals surface area contributed by atoms with Crippen molar-refractivity contribution >= 4 is 17.7 Å². The summed E-state index contributed by atoms with van der Waals surface area (Å²) in [7, 11) is 0. The van der Waals surface area contributed by atoms with Gasteiger partial charge in [-0.25, -0.2) is 0 Å². The summed E-state index contributed by atoms with van der Waals surface area (Å²) in [6, 6.07) is 0. The molecule has 1 atom stereocenters. The number of rotatable bonds is 3. The number of carboxylic acid groups (broad SMARTS) is 1. The van der Waals surface area contributed by atoms with Gasteiger partial charge in [0.25, 0.3) is 0 Å². The molecule has 2 nitrogen and oxygen atoms in total. The zero-order valence-corrected chi connectivity index (χ0v) is 11.5. The minimum atomic E-state index is -0.619. The molecular formula is C13H24O2S. The highest BCUT2D eigenvalue weighted by atomic mass is 32.2. The maximum absolute atomic E-state index is 11.4. The number of carbonyl (C=O) groups is 1. The second-order valence-electron chi connectivity index (χ2n) is 5.74. The summed E-state index contributed by atoms with van der Waals surface area (Å²) in [5, 5.41) is 9.15. The standard InChI is InChI=1S/C13H24O2S/c1-13(2,3)16-11(12(14)15)10-8-6-4-5-7-9-10/h10-11H,4-9H2,1-3H3,(H,14,15). The van der Waals surface area contributed by atoms with Crippen molar-refractivity contribution in [3.05, 3.63) is 0 Å². The molecule has 16 heavy (non-hydrogen) atoms. The van der Waals surface area contributed by atoms with Crippen molar-refractivity contribution in [2.45, 2.75) is 69.3 Å². The Hall–Kier alpha value is -0.180. The molecule has 0 saturated heterocycles. The summed E-state index contributed by atoms with van der Waals surface area (Å²) in [6.45, 7) is 6.30. The molecule has 1 N–H and O–H groups in total. The molecule has 1 aliphatic rings. The van der Waals surface area contributed by atoms with Gasteiger partial charge >= 0.3 is 5.97 Å². The third kappa shape index (κ3) is 4.77. The molecule has 94 valence electrons. The second kappa shape index (κ2) is 5.95. The third-order valence-corrected chi connectivity index (χ3v) is 4.60. The van der Waals surface area contributed by atoms with Gasteiger partial charge in [0.05, 0.1) is 0 Å². The maximum Gasteiger partial charge on any atom is 0.316 e. The largest absolute Gasteiger partial charge is 0.480 e. The monoisotopic (exact) mass is 244 g/mol. The van der Waals surface area contributed by atoms with E-state index in [4.69, 9.17) is 0 Å². The van der Waals surface area contributed by atoms with Crippen molar-refractivity contribution in [3.63, 3.8) is 0 Å². The Labute approximate surface area is 103 Å². The fourth-order valence-electron chi connectivity index (χ4n) is 2.34. The minimum Gasteiger partial charge on any atom is -0.480 e. The van der Waals surface area contributed by atoms with E-state index in [1.807, 2.05) is 0 Å². The molecule has 0 bridgehead atoms. The number of carboxylic acids is 1. The normalized spacial score (nSPS) is 21.4. The van der Waals surface area contributed by atoms with Gasteiger partial charge in [-0.05, 0) is 18.8 Å². The lowest BCUT2D eigenvalue weighted by Gasteiger charge is -2.28. The second-order valence-corrected chi connectivity index (χ2v) is 7.71. The Balaban J connectivity index is 2.64. The van der Waals surface area contributed by atoms with E-state index in [1.54, 1.807) is 11.8 Å². The van der Waals surface area contributed by atoms with Crippen LogP contribution in [0.3, 0.4) is 0 Å². The zero-order chi connectivity index (χ0) is 12.2. The van der Waals surface area contributed by atoms with Gasteiger partial charge in [-0.15, -0.1) is 11.8 Å². The van der Waals surface area contributed by atoms with E-state index >= 15 is 0 Å². The minimum absolute atomic E-state index is 0.0371. The van der Waals surface area contributed by atoms with Gasteiger partial charge in [0.15, 0.2) is 0 Å². The third-order valence-electron chi connectivity index (χ3n) is 3.05. The Kier molecular flexibility index (Phi) is 5.16. The summed E-state index contributed by atoms with van der Waals surface area (Å²) in [5.74, 6) is -0.240. The first-order valence-electron chi connectivity index (χ1n) is 6.31. The first-order chi connectivity index (χ1) is 7.40. The summed E-state index contributed by atoms with van der Waals surface area (Å²) < 4.78 is 0.0371. The first-order valence-corrected chi connectivity index (χ1v) is 7.19. The van der Waals surface area contributed by atoms with Gasteiger partial charge < -0.3 is 5.11 Å². The SMILES string of the molecule is CC(C)(C)SC(C(=O)O)C1CCCCCC1. The highest BCUT2D eigenvalue weighted by Crippen LogP contribution is 2.37. The van der Waals surface area contributed by atoms with Crippen LogP contribution in [0.2, 0.25) is 0 Å². The Morgan fingerprint density at radius 2 is 1.69 bits per heavy atom. The molecule has 1 fully saturated rings. The van der Waals surface area contributed by atoms with Crippen molar-refractivity contribution in [3.8, 4) is 0 Å². The average molecular weight is 244 g/mol. The van der Waals surface area contributed by atoms with E-state index < -0.39 is 5.97 Å². The number of hydrogen-bond donors (Lipinski definition) is 1. The number of thioether (sulfide) groups is 1. The van der Waals surface area contributed by atoms with Crippen LogP contribution < -0.4 is 0 Å². The van der Waals surface area contributed by atoms with Crippen molar-refractivity contribution in [2.75, 3.05) is 0 Å². The summed E-state index contributed by atoms with van der Waals surface area (Å²) >= 11 is 1.63. The van der Waals surface area contributed by atoms with Crippen molar-refractivity contribution in [1.29, 1.82) is 0 Å². The molecule has 1 rings (SSSR count). The zero-order valence-electron chi connectivity index (χ0n) is 10.7. The average Bonchev–Trinajstić information content (AvgIpc) is 2.40. The van der Waals surface area contributed by atoms with Crippen molar-refractivity contribution in [2.24, 2.45) is 5.92 Å². The van der Waals surface area contributed by atoms with Crippen LogP contribution in [0.25, 0.3) is 0 Å². The lowest BCUT2D eigenvalue weighted by atomic mass is 9.96. The van der Waals surface area contributed by atoms with Crippen LogP contribution in [0, 0.1) is 5.92 Å². The molecule has 3 heteroatoms. The van der Waals surface area contributed by atoms with Gasteiger partial charge in [0, 0.05) is 4.75 Å². The Bertz CT molecular complexity index is 225. The van der Waals surface area contributed by atoms with Gasteiger partial charge in [-0.3, -0.25) is 4.79 Å². The molecule has 0 amide bonds. The predicted octanol–water partition coefficient (Wildman–Crippen LogP) is 3.94. The lowest BCUT2D eigenvalue weighted by molar-refractivity contribution is -0.137. The first kappa shape index (κ1) is 13.9. The van der Waals surface area contributed by atoms with Gasteiger partial charge in [0.2, 0.25) is 0 Å². The van der Waals surface area contributed by atoms with E-state index in [-0.39, 0.29) is 10.00 Å². The summed E-state index contributed by atoms with van der Waals surface area (Å²) in [5.41, 5.74) is 0. The molecule has 0 aliphatic heterocycles. The molecule has 1 unspecified atom stereocenters. The Morgan fingerprint density at radius 3 is 2.06 bits per heavy atom. The van der Waals surface area contributed by atoms with E-state index in [0.717, 1.165) is 12.8 Å². The maximum atomic E-state index is 11.4. The predicted molar refractivity (Wildman–Crippen MR) is 70.0 cm³/mol. The molecule has 0 aromatic heterocycles. The van der Waals surface area contributed by atoms with E-state index in [2.05, 4.69) is 20.8 Å². The fraction of sp³-hybridized carbons (Fsp3) is 0.923. The summed E-state index contributed by atoms with van der Waals surface area (Å²) in [4.78, 5) is 11.4. The van der Waals surface area contributed by atoms with E-state index in [9.17, 15) is 9.90 Å². The van der Waals surface area contributed by atoms with Crippen molar-refractivity contribution < 1.29 is 9.90 Å². The molecule has 0 heterocycles. The van der Waals surface area contributed by atoms with Gasteiger partial charge in [-0.1, -0.05) is 46.5 Å². The van der Waals surface area contributed by atoms with E-state index in [0.29, 0.717) is 5.92 Å². The summed E-state index contributed by atoms with van der Waals surface area (Å²) in [6.07, 6.45) is 7.17. The quantitative estimate of drug-likeness (QED) is 0.764. The topological polar surface area (TPSA) is 37.3 Å². The van der Waals surface area contributed by atoms with Crippen LogP contribution in [0.5, 0.6) is 0 Å². The van der Waals surface area contributed by atoms with Gasteiger partial charge in [0.1, 0.15) is 5.25 Å². The molecule has 0 spiro atoms.